The highest BCUT2D eigenvalue weighted by molar-refractivity contribution is 6.47. The molecule has 13 heteroatoms. The Labute approximate surface area is 189 Å². The van der Waals surface area contributed by atoms with Gasteiger partial charge in [-0.05, 0) is 18.1 Å². The number of para-hydroxylation sites is 1. The van der Waals surface area contributed by atoms with Crippen LogP contribution in [0.5, 0.6) is 5.75 Å². The van der Waals surface area contributed by atoms with Crippen LogP contribution in [0.1, 0.15) is 42.1 Å². The summed E-state index contributed by atoms with van der Waals surface area (Å²) in [5.74, 6) is -8.24. The molecule has 0 aliphatic carbocycles. The molecule has 0 unspecified atom stereocenters. The third-order valence-corrected chi connectivity index (χ3v) is 4.88. The van der Waals surface area contributed by atoms with E-state index in [1.807, 2.05) is 0 Å². The molecule has 10 nitrogen and oxygen atoms in total. The first-order chi connectivity index (χ1) is 15.5. The largest absolute Gasteiger partial charge is 0.547 e. The second-order valence-corrected chi connectivity index (χ2v) is 7.50. The molecule has 2 amide bonds. The highest BCUT2D eigenvalue weighted by Crippen LogP contribution is 2.31. The number of alkyl halides is 2. The molecule has 1 aliphatic rings. The van der Waals surface area contributed by atoms with Crippen LogP contribution >= 0.6 is 0 Å². The Kier molecular flexibility index (Phi) is 8.74. The van der Waals surface area contributed by atoms with Gasteiger partial charge in [-0.1, -0.05) is 19.1 Å². The fourth-order valence-corrected chi connectivity index (χ4v) is 2.87. The van der Waals surface area contributed by atoms with Gasteiger partial charge in [0.25, 0.3) is 5.91 Å². The Morgan fingerprint density at radius 1 is 1.24 bits per heavy atom. The first kappa shape index (κ1) is 26.0. The Hall–Kier alpha value is -3.22. The number of hydrogen-bond acceptors (Lipinski definition) is 8. The molecule has 0 spiro atoms. The van der Waals surface area contributed by atoms with E-state index in [4.69, 9.17) is 14.1 Å². The molecular weight excluding hydrogens is 445 g/mol. The molecule has 1 atom stereocenters. The Bertz CT molecular complexity index is 912. The minimum absolute atomic E-state index is 0.0364. The normalized spacial score (nSPS) is 15.1. The zero-order valence-corrected chi connectivity index (χ0v) is 18.4. The molecule has 2 N–H and O–H groups in total. The molecule has 0 saturated heterocycles. The maximum Gasteiger partial charge on any atom is 0.547 e. The fourth-order valence-electron chi connectivity index (χ4n) is 2.87. The average Bonchev–Trinajstić information content (AvgIpc) is 2.77. The van der Waals surface area contributed by atoms with Crippen LogP contribution < -0.4 is 9.97 Å². The number of fused-ring (bicyclic) bond motifs is 1. The first-order valence-corrected chi connectivity index (χ1v) is 10.1. The molecule has 1 aliphatic heterocycles. The topological polar surface area (TPSA) is 131 Å². The van der Waals surface area contributed by atoms with Crippen molar-refractivity contribution in [3.05, 3.63) is 29.3 Å². The van der Waals surface area contributed by atoms with Crippen LogP contribution in [0.25, 0.3) is 0 Å². The molecule has 180 valence electrons. The molecule has 1 aromatic rings. The van der Waals surface area contributed by atoms with Gasteiger partial charge in [0.1, 0.15) is 11.3 Å². The van der Waals surface area contributed by atoms with Crippen LogP contribution in [0, 0.1) is 0 Å². The number of amides is 2. The van der Waals surface area contributed by atoms with Crippen molar-refractivity contribution in [2.75, 3.05) is 20.9 Å². The van der Waals surface area contributed by atoms with Crippen molar-refractivity contribution in [2.45, 2.75) is 44.5 Å². The van der Waals surface area contributed by atoms with Gasteiger partial charge in [-0.25, -0.2) is 4.79 Å². The SMILES string of the molecule is CCC(F)(F)C(=O)N[C@H]1Cc2cccc(C(=O)OCOC(=O)CCC(=O)N(C)C)c2OB1O. The third kappa shape index (κ3) is 6.88. The number of benzene rings is 1. The summed E-state index contributed by atoms with van der Waals surface area (Å²) in [6.45, 7) is 0.450. The summed E-state index contributed by atoms with van der Waals surface area (Å²) < 4.78 is 42.1. The van der Waals surface area contributed by atoms with Gasteiger partial charge >= 0.3 is 25.0 Å². The summed E-state index contributed by atoms with van der Waals surface area (Å²) in [6, 6.07) is 4.36. The minimum Gasteiger partial charge on any atom is -0.534 e. The van der Waals surface area contributed by atoms with Crippen molar-refractivity contribution in [3.8, 4) is 5.75 Å². The van der Waals surface area contributed by atoms with Crippen LogP contribution in [0.15, 0.2) is 18.2 Å². The predicted molar refractivity (Wildman–Crippen MR) is 110 cm³/mol. The number of nitrogens with zero attached hydrogens (tertiary/aromatic N) is 1. The lowest BCUT2D eigenvalue weighted by Crippen LogP contribution is -2.56. The summed E-state index contributed by atoms with van der Waals surface area (Å²) in [5, 5.41) is 12.2. The van der Waals surface area contributed by atoms with E-state index < -0.39 is 50.0 Å². The lowest BCUT2D eigenvalue weighted by atomic mass is 9.72. The summed E-state index contributed by atoms with van der Waals surface area (Å²) in [6.07, 6.45) is -1.02. The Morgan fingerprint density at radius 3 is 2.58 bits per heavy atom. The van der Waals surface area contributed by atoms with E-state index in [9.17, 15) is 33.0 Å². The van der Waals surface area contributed by atoms with E-state index in [1.54, 1.807) is 14.1 Å². The number of esters is 2. The van der Waals surface area contributed by atoms with Gasteiger partial charge in [0.2, 0.25) is 12.7 Å². The summed E-state index contributed by atoms with van der Waals surface area (Å²) in [7, 11) is 1.41. The second-order valence-electron chi connectivity index (χ2n) is 7.50. The smallest absolute Gasteiger partial charge is 0.534 e. The molecule has 0 fully saturated rings. The van der Waals surface area contributed by atoms with Gasteiger partial charge in [0.15, 0.2) is 0 Å². The maximum absolute atomic E-state index is 13.5. The van der Waals surface area contributed by atoms with Crippen LogP contribution in [-0.4, -0.2) is 73.5 Å². The summed E-state index contributed by atoms with van der Waals surface area (Å²) in [5.41, 5.74) is 0.285. The van der Waals surface area contributed by atoms with Gasteiger partial charge in [-0.15, -0.1) is 0 Å². The van der Waals surface area contributed by atoms with E-state index in [2.05, 4.69) is 5.32 Å². The molecule has 0 bridgehead atoms. The average molecular weight is 470 g/mol. The standard InChI is InChI=1S/C20H25BF2N2O8/c1-4-20(22,23)19(29)24-14-10-12-6-5-7-13(17(12)33-21(14)30)18(28)32-11-31-16(27)9-8-15(26)25(2)3/h5-7,14,30H,4,8-11H2,1-3H3,(H,24,29)/t14-/m0/s1. The number of nitrogens with one attached hydrogen (secondary N) is 1. The highest BCUT2D eigenvalue weighted by Gasteiger charge is 2.43. The van der Waals surface area contributed by atoms with Gasteiger partial charge in [-0.3, -0.25) is 14.4 Å². The molecule has 0 aromatic heterocycles. The van der Waals surface area contributed by atoms with Crippen molar-refractivity contribution >= 4 is 30.9 Å². The van der Waals surface area contributed by atoms with E-state index in [0.29, 0.717) is 5.56 Å². The van der Waals surface area contributed by atoms with Crippen molar-refractivity contribution < 1.29 is 47.1 Å². The Balaban J connectivity index is 1.96. The zero-order valence-electron chi connectivity index (χ0n) is 18.4. The number of carbonyl (C=O) groups is 4. The molecular formula is C20H25BF2N2O8. The molecule has 1 aromatic carbocycles. The van der Waals surface area contributed by atoms with Crippen molar-refractivity contribution in [1.29, 1.82) is 0 Å². The number of ether oxygens (including phenoxy) is 2. The van der Waals surface area contributed by atoms with Crippen molar-refractivity contribution in [3.63, 3.8) is 0 Å². The maximum atomic E-state index is 13.5. The fraction of sp³-hybridized carbons (Fsp3) is 0.500. The number of carbonyl (C=O) groups excluding carboxylic acids is 4. The van der Waals surface area contributed by atoms with Crippen LogP contribution in [-0.2, 0) is 30.3 Å². The minimum atomic E-state index is -3.59. The van der Waals surface area contributed by atoms with E-state index >= 15 is 0 Å². The lowest BCUT2D eigenvalue weighted by Gasteiger charge is -2.30. The van der Waals surface area contributed by atoms with E-state index in [1.165, 1.54) is 23.1 Å². The van der Waals surface area contributed by atoms with Gasteiger partial charge in [0, 0.05) is 26.9 Å². The zero-order chi connectivity index (χ0) is 24.8. The van der Waals surface area contributed by atoms with Crippen LogP contribution in [0.3, 0.4) is 0 Å². The van der Waals surface area contributed by atoms with Crippen molar-refractivity contribution in [2.24, 2.45) is 0 Å². The van der Waals surface area contributed by atoms with Crippen molar-refractivity contribution in [1.82, 2.24) is 10.2 Å². The van der Waals surface area contributed by atoms with Gasteiger partial charge in [0.05, 0.1) is 12.4 Å². The molecule has 1 heterocycles. The first-order valence-electron chi connectivity index (χ1n) is 10.1. The lowest BCUT2D eigenvalue weighted by molar-refractivity contribution is -0.153. The molecule has 0 saturated carbocycles. The van der Waals surface area contributed by atoms with Crippen LogP contribution in [0.4, 0.5) is 8.78 Å². The summed E-state index contributed by atoms with van der Waals surface area (Å²) in [4.78, 5) is 48.5. The highest BCUT2D eigenvalue weighted by atomic mass is 19.3. The summed E-state index contributed by atoms with van der Waals surface area (Å²) >= 11 is 0. The monoisotopic (exact) mass is 470 g/mol. The van der Waals surface area contributed by atoms with Gasteiger partial charge < -0.3 is 29.4 Å². The number of hydrogen-bond donors (Lipinski definition) is 2. The van der Waals surface area contributed by atoms with Gasteiger partial charge in [-0.2, -0.15) is 8.78 Å². The van der Waals surface area contributed by atoms with E-state index in [-0.39, 0.29) is 36.5 Å². The molecule has 33 heavy (non-hydrogen) atoms. The quantitative estimate of drug-likeness (QED) is 0.306. The number of rotatable bonds is 9. The predicted octanol–water partition coefficient (Wildman–Crippen LogP) is 0.697. The molecule has 2 rings (SSSR count). The number of halogens is 2. The third-order valence-electron chi connectivity index (χ3n) is 4.88. The molecule has 0 radical (unpaired) electrons. The van der Waals surface area contributed by atoms with Crippen LogP contribution in [0.2, 0.25) is 0 Å². The van der Waals surface area contributed by atoms with E-state index in [0.717, 1.165) is 6.92 Å². The second kappa shape index (κ2) is 11.1. The Morgan fingerprint density at radius 2 is 1.94 bits per heavy atom.